The molecule has 0 aliphatic rings. The minimum absolute atomic E-state index is 0.238. The van der Waals surface area contributed by atoms with E-state index in [-0.39, 0.29) is 5.82 Å². The average Bonchev–Trinajstić information content (AvgIpc) is 3.16. The van der Waals surface area contributed by atoms with Gasteiger partial charge in [-0.15, -0.1) is 0 Å². The molecule has 0 saturated carbocycles. The predicted molar refractivity (Wildman–Crippen MR) is 109 cm³/mol. The largest absolute Gasteiger partial charge is 0.383 e. The van der Waals surface area contributed by atoms with Gasteiger partial charge in [0.15, 0.2) is 5.76 Å². The Labute approximate surface area is 162 Å². The van der Waals surface area contributed by atoms with E-state index in [2.05, 4.69) is 10.1 Å². The number of benzene rings is 2. The van der Waals surface area contributed by atoms with Crippen molar-refractivity contribution in [2.75, 3.05) is 5.73 Å². The fraction of sp³-hybridized carbons (Fsp3) is 0.0435. The van der Waals surface area contributed by atoms with Gasteiger partial charge in [-0.05, 0) is 41.0 Å². The van der Waals surface area contributed by atoms with Crippen molar-refractivity contribution in [3.8, 4) is 11.3 Å². The number of aromatic nitrogens is 2. The van der Waals surface area contributed by atoms with E-state index in [0.717, 1.165) is 27.9 Å². The lowest BCUT2D eigenvalue weighted by Gasteiger charge is -2.00. The molecule has 5 heteroatoms. The number of nitrogen functional groups attached to an aromatic ring is 1. The van der Waals surface area contributed by atoms with Crippen molar-refractivity contribution in [2.24, 2.45) is 0 Å². The molecule has 2 aromatic carbocycles. The van der Waals surface area contributed by atoms with Gasteiger partial charge in [0.25, 0.3) is 0 Å². The van der Waals surface area contributed by atoms with Crippen LogP contribution in [0, 0.1) is 5.82 Å². The summed E-state index contributed by atoms with van der Waals surface area (Å²) in [7, 11) is 0. The Balaban J connectivity index is 1.44. The highest BCUT2D eigenvalue weighted by Gasteiger charge is 2.10. The van der Waals surface area contributed by atoms with Crippen molar-refractivity contribution in [2.45, 2.75) is 6.42 Å². The summed E-state index contributed by atoms with van der Waals surface area (Å²) >= 11 is 0. The topological polar surface area (TPSA) is 64.9 Å². The molecule has 4 rings (SSSR count). The van der Waals surface area contributed by atoms with Crippen LogP contribution < -0.4 is 5.73 Å². The van der Waals surface area contributed by atoms with Crippen molar-refractivity contribution < 1.29 is 8.91 Å². The van der Waals surface area contributed by atoms with E-state index < -0.39 is 0 Å². The number of hydrogen-bond acceptors (Lipinski definition) is 4. The second-order valence-corrected chi connectivity index (χ2v) is 6.43. The zero-order chi connectivity index (χ0) is 19.3. The normalized spacial score (nSPS) is 11.2. The van der Waals surface area contributed by atoms with Crippen LogP contribution in [0.2, 0.25) is 0 Å². The minimum Gasteiger partial charge on any atom is -0.383 e. The van der Waals surface area contributed by atoms with Crippen molar-refractivity contribution in [3.05, 3.63) is 101 Å². The van der Waals surface area contributed by atoms with E-state index in [0.29, 0.717) is 18.0 Å². The van der Waals surface area contributed by atoms with E-state index in [1.807, 2.05) is 60.7 Å². The van der Waals surface area contributed by atoms with E-state index in [4.69, 9.17) is 10.3 Å². The molecule has 0 bridgehead atoms. The number of nitrogens with two attached hydrogens (primary N) is 1. The molecule has 0 fully saturated rings. The number of pyridine rings is 1. The summed E-state index contributed by atoms with van der Waals surface area (Å²) in [4.78, 5) is 4.07. The highest BCUT2D eigenvalue weighted by molar-refractivity contribution is 5.70. The maximum absolute atomic E-state index is 13.2. The van der Waals surface area contributed by atoms with Crippen molar-refractivity contribution >= 4 is 18.0 Å². The summed E-state index contributed by atoms with van der Waals surface area (Å²) in [5.74, 6) is 0.785. The zero-order valence-electron chi connectivity index (χ0n) is 15.0. The molecule has 138 valence electrons. The van der Waals surface area contributed by atoms with Crippen LogP contribution in [-0.2, 0) is 6.42 Å². The van der Waals surface area contributed by atoms with Crippen molar-refractivity contribution in [3.63, 3.8) is 0 Å². The first-order chi connectivity index (χ1) is 13.7. The first-order valence-corrected chi connectivity index (χ1v) is 8.86. The summed E-state index contributed by atoms with van der Waals surface area (Å²) in [6.45, 7) is 0. The minimum atomic E-state index is -0.238. The molecule has 0 atom stereocenters. The number of rotatable bonds is 5. The Kier molecular flexibility index (Phi) is 4.97. The highest BCUT2D eigenvalue weighted by atomic mass is 19.1. The Morgan fingerprint density at radius 2 is 1.75 bits per heavy atom. The lowest BCUT2D eigenvalue weighted by atomic mass is 10.1. The Hall–Kier alpha value is -3.73. The maximum atomic E-state index is 13.2. The number of halogens is 1. The third kappa shape index (κ3) is 4.15. The highest BCUT2D eigenvalue weighted by Crippen LogP contribution is 2.25. The molecule has 0 amide bonds. The number of anilines is 1. The molecule has 2 aromatic heterocycles. The maximum Gasteiger partial charge on any atom is 0.170 e. The van der Waals surface area contributed by atoms with Crippen LogP contribution in [0.4, 0.5) is 10.2 Å². The van der Waals surface area contributed by atoms with Gasteiger partial charge in [0, 0.05) is 18.7 Å². The first-order valence-electron chi connectivity index (χ1n) is 8.86. The molecule has 0 saturated heterocycles. The van der Waals surface area contributed by atoms with Crippen LogP contribution in [0.15, 0.2) is 77.4 Å². The fourth-order valence-corrected chi connectivity index (χ4v) is 2.91. The lowest BCUT2D eigenvalue weighted by Crippen LogP contribution is -1.91. The standard InChI is InChI=1S/C23H18FN3O/c24-19-4-1-3-17(13-19)9-6-16-7-10-18(11-8-16)14-20-15-22(28-27-20)21-5-2-12-26-23(21)25/h1-13,15H,14H2,(H2,25,26). The Bertz CT molecular complexity index is 1120. The molecule has 28 heavy (non-hydrogen) atoms. The van der Waals surface area contributed by atoms with Gasteiger partial charge in [-0.1, -0.05) is 53.7 Å². The van der Waals surface area contributed by atoms with Gasteiger partial charge in [-0.2, -0.15) is 0 Å². The van der Waals surface area contributed by atoms with Crippen LogP contribution in [0.5, 0.6) is 0 Å². The van der Waals surface area contributed by atoms with Gasteiger partial charge in [-0.25, -0.2) is 9.37 Å². The van der Waals surface area contributed by atoms with E-state index in [9.17, 15) is 4.39 Å². The molecular weight excluding hydrogens is 353 g/mol. The monoisotopic (exact) mass is 371 g/mol. The molecule has 2 heterocycles. The third-order valence-electron chi connectivity index (χ3n) is 4.34. The summed E-state index contributed by atoms with van der Waals surface area (Å²) in [5.41, 5.74) is 10.4. The Morgan fingerprint density at radius 3 is 2.54 bits per heavy atom. The van der Waals surface area contributed by atoms with Crippen molar-refractivity contribution in [1.82, 2.24) is 10.1 Å². The predicted octanol–water partition coefficient (Wildman–Crippen LogP) is 5.22. The van der Waals surface area contributed by atoms with Gasteiger partial charge in [0.1, 0.15) is 11.6 Å². The molecule has 4 nitrogen and oxygen atoms in total. The second-order valence-electron chi connectivity index (χ2n) is 6.43. The molecular formula is C23H18FN3O. The van der Waals surface area contributed by atoms with Gasteiger partial charge in [0.2, 0.25) is 0 Å². The molecule has 0 aliphatic carbocycles. The molecule has 0 spiro atoms. The van der Waals surface area contributed by atoms with Gasteiger partial charge >= 0.3 is 0 Å². The van der Waals surface area contributed by atoms with Crippen LogP contribution in [0.3, 0.4) is 0 Å². The summed E-state index contributed by atoms with van der Waals surface area (Å²) in [6.07, 6.45) is 6.14. The van der Waals surface area contributed by atoms with Gasteiger partial charge in [0.05, 0.1) is 11.3 Å². The third-order valence-corrected chi connectivity index (χ3v) is 4.34. The number of hydrogen-bond donors (Lipinski definition) is 1. The van der Waals surface area contributed by atoms with Gasteiger partial charge < -0.3 is 10.3 Å². The quantitative estimate of drug-likeness (QED) is 0.489. The van der Waals surface area contributed by atoms with Crippen LogP contribution in [-0.4, -0.2) is 10.1 Å². The summed E-state index contributed by atoms with van der Waals surface area (Å²) in [6, 6.07) is 20.2. The van der Waals surface area contributed by atoms with Crippen LogP contribution >= 0.6 is 0 Å². The molecule has 0 aliphatic heterocycles. The first kappa shape index (κ1) is 17.7. The molecule has 4 aromatic rings. The SMILES string of the molecule is Nc1ncccc1-c1cc(Cc2ccc(C=Cc3cccc(F)c3)cc2)no1. The second kappa shape index (κ2) is 7.88. The van der Waals surface area contributed by atoms with Crippen LogP contribution in [0.25, 0.3) is 23.5 Å². The van der Waals surface area contributed by atoms with E-state index in [1.165, 1.54) is 12.1 Å². The zero-order valence-corrected chi connectivity index (χ0v) is 15.0. The molecule has 0 radical (unpaired) electrons. The molecule has 0 unspecified atom stereocenters. The van der Waals surface area contributed by atoms with Crippen molar-refractivity contribution in [1.29, 1.82) is 0 Å². The summed E-state index contributed by atoms with van der Waals surface area (Å²) in [5, 5.41) is 4.13. The fourth-order valence-electron chi connectivity index (χ4n) is 2.91. The Morgan fingerprint density at radius 1 is 0.929 bits per heavy atom. The molecule has 2 N–H and O–H groups in total. The van der Waals surface area contributed by atoms with Gasteiger partial charge in [-0.3, -0.25) is 0 Å². The summed E-state index contributed by atoms with van der Waals surface area (Å²) < 4.78 is 18.6. The van der Waals surface area contributed by atoms with Crippen LogP contribution in [0.1, 0.15) is 22.4 Å². The lowest BCUT2D eigenvalue weighted by molar-refractivity contribution is 0.425. The number of nitrogens with zero attached hydrogens (tertiary/aromatic N) is 2. The smallest absolute Gasteiger partial charge is 0.170 e. The van der Waals surface area contributed by atoms with E-state index >= 15 is 0 Å². The van der Waals surface area contributed by atoms with E-state index in [1.54, 1.807) is 12.3 Å². The average molecular weight is 371 g/mol.